The van der Waals surface area contributed by atoms with Gasteiger partial charge in [-0.3, -0.25) is 4.98 Å². The maximum atomic E-state index is 4.54. The Morgan fingerprint density at radius 1 is 1.70 bits per heavy atom. The van der Waals surface area contributed by atoms with Crippen LogP contribution in [0.1, 0.15) is 0 Å². The van der Waals surface area contributed by atoms with E-state index in [4.69, 9.17) is 0 Å². The van der Waals surface area contributed by atoms with E-state index in [0.29, 0.717) is 0 Å². The van der Waals surface area contributed by atoms with E-state index in [-0.39, 0.29) is 0 Å². The van der Waals surface area contributed by atoms with Gasteiger partial charge in [0.25, 0.3) is 0 Å². The molecule has 0 aromatic carbocycles. The van der Waals surface area contributed by atoms with Gasteiger partial charge in [0, 0.05) is 16.9 Å². The van der Waals surface area contributed by atoms with Crippen molar-refractivity contribution in [1.82, 2.24) is 4.98 Å². The normalized spacial score (nSPS) is 7.30. The number of rotatable bonds is 0. The standard InChI is InChI=1S/C5H4BrN.CH3NS/c6-5-2-1-3-7-4-5;2-1-3/h1-4H;1H,(H2,2,3). The monoisotopic (exact) mass is 218 g/mol. The number of halogens is 1. The molecule has 1 rings (SSSR count). The number of pyridine rings is 1. The van der Waals surface area contributed by atoms with Gasteiger partial charge in [-0.25, -0.2) is 0 Å². The molecule has 1 aromatic heterocycles. The second kappa shape index (κ2) is 6.64. The van der Waals surface area contributed by atoms with Crippen LogP contribution < -0.4 is 5.73 Å². The fraction of sp³-hybridized carbons (Fsp3) is 0. The molecule has 0 aliphatic carbocycles. The van der Waals surface area contributed by atoms with Crippen LogP contribution in [0.15, 0.2) is 29.0 Å². The van der Waals surface area contributed by atoms with Crippen LogP contribution in [0.5, 0.6) is 0 Å². The average Bonchev–Trinajstić information content (AvgIpc) is 1.91. The number of nitrogens with two attached hydrogens (primary N) is 1. The number of nitrogens with zero attached hydrogens (tertiary/aromatic N) is 1. The molecule has 0 bridgehead atoms. The minimum Gasteiger partial charge on any atom is -0.396 e. The third-order valence-electron chi connectivity index (χ3n) is 0.625. The van der Waals surface area contributed by atoms with Gasteiger partial charge >= 0.3 is 0 Å². The number of thiocarbonyl (C=S) groups is 1. The van der Waals surface area contributed by atoms with E-state index in [0.717, 1.165) is 9.96 Å². The molecular weight excluding hydrogens is 212 g/mol. The van der Waals surface area contributed by atoms with E-state index in [9.17, 15) is 0 Å². The topological polar surface area (TPSA) is 38.9 Å². The zero-order valence-corrected chi connectivity index (χ0v) is 7.60. The Balaban J connectivity index is 0.000000236. The van der Waals surface area contributed by atoms with Gasteiger partial charge in [-0.1, -0.05) is 12.2 Å². The molecule has 0 saturated carbocycles. The van der Waals surface area contributed by atoms with E-state index in [2.05, 4.69) is 38.9 Å². The Morgan fingerprint density at radius 2 is 2.30 bits per heavy atom. The second-order valence-corrected chi connectivity index (χ2v) is 2.50. The van der Waals surface area contributed by atoms with E-state index in [1.807, 2.05) is 12.1 Å². The van der Waals surface area contributed by atoms with Crippen molar-refractivity contribution >= 4 is 33.6 Å². The predicted octanol–water partition coefficient (Wildman–Crippen LogP) is 1.75. The van der Waals surface area contributed by atoms with Gasteiger partial charge < -0.3 is 5.73 Å². The Hall–Kier alpha value is -0.480. The van der Waals surface area contributed by atoms with Gasteiger partial charge in [0.2, 0.25) is 0 Å². The van der Waals surface area contributed by atoms with Crippen LogP contribution in [-0.4, -0.2) is 10.5 Å². The van der Waals surface area contributed by atoms with E-state index < -0.39 is 0 Å². The number of hydrogen-bond acceptors (Lipinski definition) is 2. The van der Waals surface area contributed by atoms with Gasteiger partial charge in [-0.2, -0.15) is 0 Å². The smallest absolute Gasteiger partial charge is 0.0588 e. The quantitative estimate of drug-likeness (QED) is 0.675. The van der Waals surface area contributed by atoms with Crippen molar-refractivity contribution in [3.05, 3.63) is 29.0 Å². The summed E-state index contributed by atoms with van der Waals surface area (Å²) in [5.41, 5.74) is 5.62. The Kier molecular flexibility index (Phi) is 6.32. The van der Waals surface area contributed by atoms with Crippen molar-refractivity contribution in [1.29, 1.82) is 0 Å². The van der Waals surface area contributed by atoms with Gasteiger partial charge in [0.1, 0.15) is 0 Å². The molecule has 54 valence electrons. The number of hydrogen-bond donors (Lipinski definition) is 1. The summed E-state index contributed by atoms with van der Waals surface area (Å²) in [5, 5.41) is 0. The molecular formula is C6H7BrN2S. The molecule has 4 heteroatoms. The zero-order chi connectivity index (χ0) is 7.82. The lowest BCUT2D eigenvalue weighted by Gasteiger charge is -1.80. The summed E-state index contributed by atoms with van der Waals surface area (Å²) >= 11 is 7.30. The molecule has 0 atom stereocenters. The lowest BCUT2D eigenvalue weighted by Crippen LogP contribution is -1.79. The highest BCUT2D eigenvalue weighted by Crippen LogP contribution is 2.02. The second-order valence-electron chi connectivity index (χ2n) is 1.31. The van der Waals surface area contributed by atoms with Crippen molar-refractivity contribution in [2.75, 3.05) is 0 Å². The Bertz CT molecular complexity index is 178. The largest absolute Gasteiger partial charge is 0.396 e. The summed E-state index contributed by atoms with van der Waals surface area (Å²) in [6, 6.07) is 3.82. The first-order valence-corrected chi connectivity index (χ1v) is 3.78. The zero-order valence-electron chi connectivity index (χ0n) is 5.20. The molecule has 2 N–H and O–H groups in total. The molecule has 0 spiro atoms. The molecule has 1 aromatic rings. The Morgan fingerprint density at radius 3 is 2.50 bits per heavy atom. The summed E-state index contributed by atoms with van der Waals surface area (Å²) < 4.78 is 1.02. The SMILES string of the molecule is Brc1cccnc1.NC=S. The van der Waals surface area contributed by atoms with Crippen LogP contribution in [0, 0.1) is 0 Å². The lowest BCUT2D eigenvalue weighted by atomic mass is 10.5. The van der Waals surface area contributed by atoms with Crippen molar-refractivity contribution in [3.8, 4) is 0 Å². The molecule has 0 aliphatic rings. The van der Waals surface area contributed by atoms with Crippen LogP contribution >= 0.6 is 28.1 Å². The summed E-state index contributed by atoms with van der Waals surface area (Å²) in [7, 11) is 0. The minimum absolute atomic E-state index is 1.02. The maximum absolute atomic E-state index is 4.54. The molecule has 0 amide bonds. The van der Waals surface area contributed by atoms with Crippen molar-refractivity contribution in [2.45, 2.75) is 0 Å². The van der Waals surface area contributed by atoms with Gasteiger partial charge in [0.05, 0.1) is 5.49 Å². The predicted molar refractivity (Wildman–Crippen MR) is 49.8 cm³/mol. The molecule has 0 aliphatic heterocycles. The summed E-state index contributed by atoms with van der Waals surface area (Å²) in [6.45, 7) is 0. The van der Waals surface area contributed by atoms with Crippen LogP contribution in [0.2, 0.25) is 0 Å². The minimum atomic E-state index is 1.02. The summed E-state index contributed by atoms with van der Waals surface area (Å²) in [6.07, 6.45) is 3.49. The highest BCUT2D eigenvalue weighted by Gasteiger charge is 1.75. The van der Waals surface area contributed by atoms with Crippen LogP contribution in [0.3, 0.4) is 0 Å². The van der Waals surface area contributed by atoms with Crippen LogP contribution in [-0.2, 0) is 0 Å². The van der Waals surface area contributed by atoms with Gasteiger partial charge in [-0.05, 0) is 28.1 Å². The molecule has 1 heterocycles. The van der Waals surface area contributed by atoms with Crippen LogP contribution in [0.25, 0.3) is 0 Å². The molecule has 10 heavy (non-hydrogen) atoms. The fourth-order valence-electron chi connectivity index (χ4n) is 0.342. The number of aromatic nitrogens is 1. The molecule has 0 saturated heterocycles. The molecule has 0 fully saturated rings. The molecule has 2 nitrogen and oxygen atoms in total. The van der Waals surface area contributed by atoms with E-state index >= 15 is 0 Å². The highest BCUT2D eigenvalue weighted by molar-refractivity contribution is 9.10. The van der Waals surface area contributed by atoms with Crippen LogP contribution in [0.4, 0.5) is 0 Å². The fourth-order valence-corrected chi connectivity index (χ4v) is 0.613. The van der Waals surface area contributed by atoms with Crippen molar-refractivity contribution in [3.63, 3.8) is 0 Å². The molecule has 0 unspecified atom stereocenters. The molecule has 0 radical (unpaired) electrons. The Labute approximate surface area is 73.6 Å². The van der Waals surface area contributed by atoms with Crippen molar-refractivity contribution < 1.29 is 0 Å². The third-order valence-corrected chi connectivity index (χ3v) is 1.09. The van der Waals surface area contributed by atoms with Crippen molar-refractivity contribution in [2.24, 2.45) is 5.73 Å². The third kappa shape index (κ3) is 5.65. The first-order chi connectivity index (χ1) is 4.81. The first-order valence-electron chi connectivity index (χ1n) is 2.52. The van der Waals surface area contributed by atoms with E-state index in [1.165, 1.54) is 0 Å². The van der Waals surface area contributed by atoms with Gasteiger partial charge in [-0.15, -0.1) is 0 Å². The maximum Gasteiger partial charge on any atom is 0.0588 e. The summed E-state index contributed by atoms with van der Waals surface area (Å²) in [5.74, 6) is 0. The summed E-state index contributed by atoms with van der Waals surface area (Å²) in [4.78, 5) is 3.84. The first kappa shape index (κ1) is 9.52. The average molecular weight is 219 g/mol. The lowest BCUT2D eigenvalue weighted by molar-refractivity contribution is 1.31. The van der Waals surface area contributed by atoms with E-state index in [1.54, 1.807) is 12.4 Å². The highest BCUT2D eigenvalue weighted by atomic mass is 79.9. The van der Waals surface area contributed by atoms with Gasteiger partial charge in [0.15, 0.2) is 0 Å².